The van der Waals surface area contributed by atoms with E-state index in [0.717, 1.165) is 24.8 Å². The summed E-state index contributed by atoms with van der Waals surface area (Å²) in [6, 6.07) is 0. The van der Waals surface area contributed by atoms with Crippen LogP contribution in [0.25, 0.3) is 0 Å². The monoisotopic (exact) mass is 438 g/mol. The van der Waals surface area contributed by atoms with Gasteiger partial charge in [-0.1, -0.05) is 74.2 Å². The highest BCUT2D eigenvalue weighted by atomic mass is 79.9. The van der Waals surface area contributed by atoms with Gasteiger partial charge in [0.1, 0.15) is 6.29 Å². The molecule has 0 aromatic heterocycles. The molecule has 3 nitrogen and oxygen atoms in total. The van der Waals surface area contributed by atoms with Crippen molar-refractivity contribution in [3.05, 3.63) is 0 Å². The topological polar surface area (TPSA) is 27.7 Å². The summed E-state index contributed by atoms with van der Waals surface area (Å²) in [4.78, 5) is 0. The molecule has 0 N–H and O–H groups in total. The van der Waals surface area contributed by atoms with Gasteiger partial charge in [0, 0.05) is 18.5 Å². The van der Waals surface area contributed by atoms with Crippen LogP contribution in [-0.2, 0) is 13.6 Å². The molecule has 0 rings (SSSR count). The van der Waals surface area contributed by atoms with E-state index in [4.69, 9.17) is 13.6 Å². The van der Waals surface area contributed by atoms with Crippen LogP contribution in [-0.4, -0.2) is 33.4 Å². The minimum atomic E-state index is -2.09. The van der Waals surface area contributed by atoms with Gasteiger partial charge in [-0.3, -0.25) is 0 Å². The third-order valence-electron chi connectivity index (χ3n) is 4.29. The van der Waals surface area contributed by atoms with Crippen molar-refractivity contribution in [2.45, 2.75) is 110 Å². The summed E-state index contributed by atoms with van der Waals surface area (Å²) in [5, 5.41) is 1.10. The van der Waals surface area contributed by atoms with Crippen LogP contribution in [0.15, 0.2) is 0 Å². The molecule has 0 saturated carbocycles. The lowest BCUT2D eigenvalue weighted by Crippen LogP contribution is -2.40. The smallest absolute Gasteiger partial charge is 0.333 e. The molecule has 25 heavy (non-hydrogen) atoms. The fourth-order valence-corrected chi connectivity index (χ4v) is 4.77. The first-order chi connectivity index (χ1) is 12.1. The number of alkyl halides is 1. The highest BCUT2D eigenvalue weighted by molar-refractivity contribution is 9.09. The Morgan fingerprint density at radius 2 is 1.40 bits per heavy atom. The highest BCUT2D eigenvalue weighted by Gasteiger charge is 2.28. The standard InChI is InChI=1S/C20H43BrO3Si/c1-5-7-8-9-10-11-14-17-20(22-6-2)24-25(3,4)23-19-16-13-12-15-18-21/h20H,5-19H2,1-4H3. The van der Waals surface area contributed by atoms with Crippen molar-refractivity contribution in [2.75, 3.05) is 18.5 Å². The highest BCUT2D eigenvalue weighted by Crippen LogP contribution is 2.18. The molecule has 152 valence electrons. The maximum atomic E-state index is 6.24. The summed E-state index contributed by atoms with van der Waals surface area (Å²) < 4.78 is 18.1. The molecule has 0 saturated heterocycles. The van der Waals surface area contributed by atoms with Crippen LogP contribution in [0.4, 0.5) is 0 Å². The maximum Gasteiger partial charge on any atom is 0.333 e. The zero-order valence-electron chi connectivity index (χ0n) is 17.3. The molecule has 0 amide bonds. The minimum absolute atomic E-state index is 0.0873. The van der Waals surface area contributed by atoms with Gasteiger partial charge in [-0.05, 0) is 45.7 Å². The number of hydrogen-bond donors (Lipinski definition) is 0. The third-order valence-corrected chi connectivity index (χ3v) is 6.58. The van der Waals surface area contributed by atoms with Crippen LogP contribution < -0.4 is 0 Å². The predicted octanol–water partition coefficient (Wildman–Crippen LogP) is 7.18. The van der Waals surface area contributed by atoms with Crippen LogP contribution in [0.3, 0.4) is 0 Å². The van der Waals surface area contributed by atoms with Crippen LogP contribution in [0.2, 0.25) is 13.1 Å². The number of ether oxygens (including phenoxy) is 1. The van der Waals surface area contributed by atoms with Crippen LogP contribution in [0.1, 0.15) is 90.9 Å². The van der Waals surface area contributed by atoms with Crippen molar-refractivity contribution < 1.29 is 13.6 Å². The second-order valence-electron chi connectivity index (χ2n) is 7.26. The molecule has 0 spiro atoms. The van der Waals surface area contributed by atoms with Gasteiger partial charge in [-0.15, -0.1) is 0 Å². The summed E-state index contributed by atoms with van der Waals surface area (Å²) in [6.07, 6.45) is 15.0. The van der Waals surface area contributed by atoms with Gasteiger partial charge in [-0.2, -0.15) is 0 Å². The largest absolute Gasteiger partial charge is 0.394 e. The van der Waals surface area contributed by atoms with Gasteiger partial charge < -0.3 is 13.6 Å². The molecular weight excluding hydrogens is 396 g/mol. The Balaban J connectivity index is 3.88. The fourth-order valence-electron chi connectivity index (χ4n) is 2.85. The van der Waals surface area contributed by atoms with E-state index in [0.29, 0.717) is 6.61 Å². The zero-order valence-corrected chi connectivity index (χ0v) is 19.9. The van der Waals surface area contributed by atoms with E-state index in [2.05, 4.69) is 35.9 Å². The molecule has 0 aliphatic heterocycles. The maximum absolute atomic E-state index is 6.24. The van der Waals surface area contributed by atoms with Gasteiger partial charge in [0.05, 0.1) is 0 Å². The lowest BCUT2D eigenvalue weighted by molar-refractivity contribution is -0.0991. The van der Waals surface area contributed by atoms with Gasteiger partial charge in [0.2, 0.25) is 0 Å². The number of rotatable bonds is 19. The second-order valence-corrected chi connectivity index (χ2v) is 11.4. The van der Waals surface area contributed by atoms with Crippen molar-refractivity contribution >= 4 is 24.5 Å². The van der Waals surface area contributed by atoms with Gasteiger partial charge in [-0.25, -0.2) is 0 Å². The molecule has 0 radical (unpaired) electrons. The minimum Gasteiger partial charge on any atom is -0.394 e. The number of unbranched alkanes of at least 4 members (excludes halogenated alkanes) is 9. The molecule has 1 atom stereocenters. The lowest BCUT2D eigenvalue weighted by Gasteiger charge is -2.29. The fraction of sp³-hybridized carbons (Fsp3) is 1.00. The third kappa shape index (κ3) is 17.7. The summed E-state index contributed by atoms with van der Waals surface area (Å²) in [6.45, 7) is 10.1. The molecule has 5 heteroatoms. The van der Waals surface area contributed by atoms with Crippen molar-refractivity contribution in [1.29, 1.82) is 0 Å². The zero-order chi connectivity index (χ0) is 18.8. The molecule has 0 aromatic rings. The Morgan fingerprint density at radius 3 is 2.04 bits per heavy atom. The first-order valence-electron chi connectivity index (χ1n) is 10.5. The van der Waals surface area contributed by atoms with Crippen molar-refractivity contribution in [3.8, 4) is 0 Å². The number of hydrogen-bond acceptors (Lipinski definition) is 3. The Morgan fingerprint density at radius 1 is 0.800 bits per heavy atom. The lowest BCUT2D eigenvalue weighted by atomic mass is 10.1. The Hall–Kier alpha value is 0.577. The van der Waals surface area contributed by atoms with Crippen LogP contribution in [0, 0.1) is 0 Å². The molecule has 0 aromatic carbocycles. The SMILES string of the molecule is CCCCCCCCCC(OCC)O[Si](C)(C)OCCCCCCBr. The van der Waals surface area contributed by atoms with E-state index >= 15 is 0 Å². The first-order valence-corrected chi connectivity index (χ1v) is 14.5. The molecule has 1 unspecified atom stereocenters. The van der Waals surface area contributed by atoms with Gasteiger partial charge in [0.25, 0.3) is 0 Å². The first kappa shape index (κ1) is 25.6. The van der Waals surface area contributed by atoms with Crippen molar-refractivity contribution in [2.24, 2.45) is 0 Å². The average Bonchev–Trinajstić information content (AvgIpc) is 2.57. The van der Waals surface area contributed by atoms with E-state index in [1.807, 2.05) is 6.92 Å². The Bertz CT molecular complexity index is 278. The molecule has 0 heterocycles. The predicted molar refractivity (Wildman–Crippen MR) is 115 cm³/mol. The summed E-state index contributed by atoms with van der Waals surface area (Å²) in [5.41, 5.74) is 0. The second kappa shape index (κ2) is 18.0. The molecule has 0 aliphatic carbocycles. The average molecular weight is 440 g/mol. The van der Waals surface area contributed by atoms with Gasteiger partial charge >= 0.3 is 8.56 Å². The summed E-state index contributed by atoms with van der Waals surface area (Å²) >= 11 is 3.48. The van der Waals surface area contributed by atoms with E-state index in [1.165, 1.54) is 64.2 Å². The van der Waals surface area contributed by atoms with Crippen LogP contribution in [0.5, 0.6) is 0 Å². The van der Waals surface area contributed by atoms with E-state index < -0.39 is 8.56 Å². The Labute approximate surface area is 167 Å². The Kier molecular flexibility index (Phi) is 18.4. The molecule has 0 aliphatic rings. The number of halogens is 1. The summed E-state index contributed by atoms with van der Waals surface area (Å²) in [7, 11) is -2.09. The van der Waals surface area contributed by atoms with E-state index in [9.17, 15) is 0 Å². The molecule has 0 bridgehead atoms. The van der Waals surface area contributed by atoms with E-state index in [-0.39, 0.29) is 6.29 Å². The van der Waals surface area contributed by atoms with Crippen molar-refractivity contribution in [3.63, 3.8) is 0 Å². The molecule has 0 fully saturated rings. The van der Waals surface area contributed by atoms with Gasteiger partial charge in [0.15, 0.2) is 0 Å². The van der Waals surface area contributed by atoms with Crippen LogP contribution >= 0.6 is 15.9 Å². The quantitative estimate of drug-likeness (QED) is 0.0923. The van der Waals surface area contributed by atoms with Crippen molar-refractivity contribution in [1.82, 2.24) is 0 Å². The summed E-state index contributed by atoms with van der Waals surface area (Å²) in [5.74, 6) is 0. The normalized spacial score (nSPS) is 13.3. The molecular formula is C20H43BrO3Si. The van der Waals surface area contributed by atoms with E-state index in [1.54, 1.807) is 0 Å².